The molecule has 8 fully saturated rings. The fourth-order valence-electron chi connectivity index (χ4n) is 15.3. The van der Waals surface area contributed by atoms with E-state index in [-0.39, 0.29) is 58.1 Å². The fraction of sp³-hybridized carbons (Fsp3) is 0.902. The lowest BCUT2D eigenvalue weighted by Crippen LogP contribution is -2.63. The highest BCUT2D eigenvalue weighted by Gasteiger charge is 2.88. The first-order valence-corrected chi connectivity index (χ1v) is 19.8. The predicted octanol–water partition coefficient (Wildman–Crippen LogP) is 5.09. The first kappa shape index (κ1) is 36.4. The Bertz CT molecular complexity index is 1490. The molecule has 3 heterocycles. The fourth-order valence-corrected chi connectivity index (χ4v) is 15.3. The highest BCUT2D eigenvalue weighted by Crippen LogP contribution is 2.90. The summed E-state index contributed by atoms with van der Waals surface area (Å²) in [7, 11) is 0. The summed E-state index contributed by atoms with van der Waals surface area (Å²) in [4.78, 5) is 24.8. The van der Waals surface area contributed by atoms with Crippen molar-refractivity contribution >= 4 is 11.9 Å². The lowest BCUT2D eigenvalue weighted by Gasteiger charge is -2.64. The van der Waals surface area contributed by atoms with Gasteiger partial charge >= 0.3 is 11.9 Å². The van der Waals surface area contributed by atoms with Gasteiger partial charge in [-0.15, -0.1) is 0 Å². The van der Waals surface area contributed by atoms with Crippen molar-refractivity contribution < 1.29 is 48.6 Å². The normalized spacial score (nSPS) is 55.1. The smallest absolute Gasteiger partial charge is 0.330 e. The summed E-state index contributed by atoms with van der Waals surface area (Å²) in [5.41, 5.74) is -1.46. The molecule has 3 N–H and O–H groups in total. The maximum absolute atomic E-state index is 12.9. The van der Waals surface area contributed by atoms with E-state index in [4.69, 9.17) is 23.7 Å². The standard InChI is InChI=1S/C41H62O10/c1-10-11-28(44)48-31-29(45)24(43)19-47-30(31)23-14-15-39-20-40(39)17-16-37(8)32-21(2)18-25-33(36(6,7)49-22(3)42)51-41(32,50-25)34(46)38(37,9)27(40)13-12-26(39)35(23,4)5/h10-11,21,23-27,29-34,43,45-46H,12-20H2,1-9H3/b11-10+/t21-,23-,24-,25-,26+,27+,29+,30+,31-,32-,33+,34-,37-,38-,39-,40+,41+/m1/s1. The number of carbonyl (C=O) groups excluding carboxylic acids is 2. The van der Waals surface area contributed by atoms with Crippen molar-refractivity contribution in [3.63, 3.8) is 0 Å². The van der Waals surface area contributed by atoms with Gasteiger partial charge in [-0.05, 0) is 117 Å². The maximum Gasteiger partial charge on any atom is 0.330 e. The second kappa shape index (κ2) is 11.2. The van der Waals surface area contributed by atoms with E-state index in [0.717, 1.165) is 51.4 Å². The van der Waals surface area contributed by atoms with Crippen LogP contribution in [0.3, 0.4) is 0 Å². The molecule has 51 heavy (non-hydrogen) atoms. The number of aliphatic hydroxyl groups excluding tert-OH is 3. The third-order valence-electron chi connectivity index (χ3n) is 17.2. The van der Waals surface area contributed by atoms with Crippen LogP contribution < -0.4 is 0 Å². The molecule has 10 nitrogen and oxygen atoms in total. The van der Waals surface area contributed by atoms with Crippen LogP contribution in [0.5, 0.6) is 0 Å². The molecule has 3 spiro atoms. The van der Waals surface area contributed by atoms with E-state index >= 15 is 0 Å². The van der Waals surface area contributed by atoms with Gasteiger partial charge in [-0.25, -0.2) is 4.79 Å². The van der Waals surface area contributed by atoms with Crippen LogP contribution in [-0.4, -0.2) is 88.0 Å². The Balaban J connectivity index is 1.10. The van der Waals surface area contributed by atoms with E-state index < -0.39 is 59.4 Å². The zero-order valence-electron chi connectivity index (χ0n) is 32.1. The van der Waals surface area contributed by atoms with Crippen LogP contribution in [0, 0.1) is 56.7 Å². The summed E-state index contributed by atoms with van der Waals surface area (Å²) in [5.74, 6) is -0.997. The molecule has 5 aliphatic carbocycles. The van der Waals surface area contributed by atoms with Crippen LogP contribution >= 0.6 is 0 Å². The van der Waals surface area contributed by atoms with Gasteiger partial charge < -0.3 is 39.0 Å². The van der Waals surface area contributed by atoms with Crippen LogP contribution in [0.4, 0.5) is 0 Å². The molecule has 8 rings (SSSR count). The summed E-state index contributed by atoms with van der Waals surface area (Å²) in [6.45, 7) is 18.7. The average molecular weight is 715 g/mol. The summed E-state index contributed by atoms with van der Waals surface area (Å²) in [6.07, 6.45) is 5.62. The molecule has 3 aliphatic heterocycles. The van der Waals surface area contributed by atoms with Crippen molar-refractivity contribution in [3.8, 4) is 0 Å². The molecule has 0 amide bonds. The van der Waals surface area contributed by atoms with Crippen molar-refractivity contribution in [2.45, 2.75) is 168 Å². The number of rotatable bonds is 5. The second-order valence-corrected chi connectivity index (χ2v) is 19.8. The van der Waals surface area contributed by atoms with Crippen LogP contribution in [0.25, 0.3) is 0 Å². The Morgan fingerprint density at radius 2 is 1.63 bits per heavy atom. The highest BCUT2D eigenvalue weighted by atomic mass is 16.8. The van der Waals surface area contributed by atoms with E-state index in [9.17, 15) is 24.9 Å². The van der Waals surface area contributed by atoms with Gasteiger partial charge in [-0.1, -0.05) is 40.7 Å². The van der Waals surface area contributed by atoms with Gasteiger partial charge in [-0.2, -0.15) is 0 Å². The molecule has 10 heteroatoms. The number of aliphatic hydroxyl groups is 3. The van der Waals surface area contributed by atoms with Crippen molar-refractivity contribution in [1.29, 1.82) is 0 Å². The molecule has 2 bridgehead atoms. The van der Waals surface area contributed by atoms with Crippen molar-refractivity contribution in [2.24, 2.45) is 56.7 Å². The molecule has 0 aromatic rings. The van der Waals surface area contributed by atoms with E-state index in [1.165, 1.54) is 13.0 Å². The third-order valence-corrected chi connectivity index (χ3v) is 17.2. The van der Waals surface area contributed by atoms with Crippen LogP contribution in [-0.2, 0) is 33.3 Å². The Kier molecular flexibility index (Phi) is 8.03. The maximum atomic E-state index is 12.9. The van der Waals surface area contributed by atoms with Gasteiger partial charge in [-0.3, -0.25) is 4.79 Å². The van der Waals surface area contributed by atoms with Gasteiger partial charge in [0.2, 0.25) is 0 Å². The number of hydrogen-bond acceptors (Lipinski definition) is 10. The quantitative estimate of drug-likeness (QED) is 0.261. The topological polar surface area (TPSA) is 141 Å². The van der Waals surface area contributed by atoms with E-state index in [1.807, 2.05) is 13.8 Å². The number of fused-ring (bicyclic) bond motifs is 4. The monoisotopic (exact) mass is 714 g/mol. The molecule has 0 radical (unpaired) electrons. The number of carbonyl (C=O) groups is 2. The van der Waals surface area contributed by atoms with Gasteiger partial charge in [0.1, 0.15) is 36.1 Å². The zero-order chi connectivity index (χ0) is 36.9. The summed E-state index contributed by atoms with van der Waals surface area (Å²) >= 11 is 0. The number of esters is 2. The first-order valence-electron chi connectivity index (χ1n) is 19.8. The molecule has 0 unspecified atom stereocenters. The van der Waals surface area contributed by atoms with Gasteiger partial charge in [0.25, 0.3) is 0 Å². The van der Waals surface area contributed by atoms with Crippen molar-refractivity contribution in [3.05, 3.63) is 12.2 Å². The summed E-state index contributed by atoms with van der Waals surface area (Å²) in [5, 5.41) is 34.5. The van der Waals surface area contributed by atoms with Gasteiger partial charge in [0.05, 0.1) is 12.7 Å². The van der Waals surface area contributed by atoms with Gasteiger partial charge in [0.15, 0.2) is 11.9 Å². The molecule has 17 atom stereocenters. The molecule has 286 valence electrons. The summed E-state index contributed by atoms with van der Waals surface area (Å²) in [6, 6.07) is 0. The molecule has 5 saturated carbocycles. The Labute approximate surface area is 303 Å². The van der Waals surface area contributed by atoms with E-state index in [0.29, 0.717) is 11.8 Å². The first-order chi connectivity index (χ1) is 23.8. The SMILES string of the molecule is C/C=C/C(=O)O[C@@H]1[C@@H](O)[C@H](O)CO[C@H]1[C@H]1CC[C@]23C[C@]24CC[C@]2(C)[C@H]5[C@H](C)C[C@H]6O[C@@]5(O[C@@H]6C(C)(C)OC(C)=O)[C@H](O)[C@@]2(C)[C@@H]4CC[C@H]3C1(C)C. The minimum Gasteiger partial charge on any atom is -0.457 e. The van der Waals surface area contributed by atoms with Crippen molar-refractivity contribution in [2.75, 3.05) is 6.61 Å². The van der Waals surface area contributed by atoms with Gasteiger partial charge in [0, 0.05) is 24.3 Å². The molecule has 0 aromatic carbocycles. The molecular formula is C41H62O10. The third kappa shape index (κ3) is 4.44. The van der Waals surface area contributed by atoms with Crippen molar-refractivity contribution in [1.82, 2.24) is 0 Å². The zero-order valence-corrected chi connectivity index (χ0v) is 32.1. The van der Waals surface area contributed by atoms with Crippen LogP contribution in [0.1, 0.15) is 114 Å². The molecular weight excluding hydrogens is 652 g/mol. The second-order valence-electron chi connectivity index (χ2n) is 19.8. The molecule has 3 saturated heterocycles. The number of hydrogen-bond donors (Lipinski definition) is 3. The minimum atomic E-state index is -1.21. The Morgan fingerprint density at radius 1 is 0.941 bits per heavy atom. The number of ether oxygens (including phenoxy) is 5. The Hall–Kier alpha value is -1.56. The summed E-state index contributed by atoms with van der Waals surface area (Å²) < 4.78 is 31.9. The average Bonchev–Trinajstić information content (AvgIpc) is 3.55. The predicted molar refractivity (Wildman–Crippen MR) is 186 cm³/mol. The van der Waals surface area contributed by atoms with Crippen LogP contribution in [0.15, 0.2) is 12.2 Å². The lowest BCUT2D eigenvalue weighted by molar-refractivity contribution is -0.283. The van der Waals surface area contributed by atoms with E-state index in [1.54, 1.807) is 13.0 Å². The van der Waals surface area contributed by atoms with E-state index in [2.05, 4.69) is 34.6 Å². The minimum absolute atomic E-state index is 0.0119. The highest BCUT2D eigenvalue weighted by molar-refractivity contribution is 5.82. The lowest BCUT2D eigenvalue weighted by atomic mass is 9.40. The Morgan fingerprint density at radius 3 is 2.31 bits per heavy atom. The molecule has 8 aliphatic rings. The number of allylic oxidation sites excluding steroid dienone is 1. The molecule has 0 aromatic heterocycles. The van der Waals surface area contributed by atoms with Crippen LogP contribution in [0.2, 0.25) is 0 Å². The largest absolute Gasteiger partial charge is 0.457 e.